The van der Waals surface area contributed by atoms with Crippen molar-refractivity contribution in [2.24, 2.45) is 0 Å². The molecule has 0 saturated heterocycles. The number of amides is 2. The summed E-state index contributed by atoms with van der Waals surface area (Å²) in [6, 6.07) is 13.3. The van der Waals surface area contributed by atoms with Crippen LogP contribution in [0.2, 0.25) is 10.0 Å². The van der Waals surface area contributed by atoms with E-state index >= 15 is 0 Å². The molecular weight excluding hydrogens is 455 g/mol. The molecule has 3 rings (SSSR count). The molecule has 0 radical (unpaired) electrons. The normalized spacial score (nSPS) is 15.0. The lowest BCUT2D eigenvalue weighted by atomic mass is 10.00. The zero-order valence-corrected chi connectivity index (χ0v) is 21.3. The Hall–Kier alpha value is -2.04. The van der Waals surface area contributed by atoms with Crippen LogP contribution in [0.15, 0.2) is 42.5 Å². The van der Waals surface area contributed by atoms with Gasteiger partial charge in [0.1, 0.15) is 6.04 Å². The van der Waals surface area contributed by atoms with Crippen LogP contribution in [0.25, 0.3) is 0 Å². The molecule has 6 heteroatoms. The zero-order chi connectivity index (χ0) is 24.0. The number of nitrogens with zero attached hydrogens (tertiary/aromatic N) is 1. The Labute approximate surface area is 207 Å². The predicted octanol–water partition coefficient (Wildman–Crippen LogP) is 6.53. The molecule has 0 spiro atoms. The quantitative estimate of drug-likeness (QED) is 0.436. The number of hydrogen-bond donors (Lipinski definition) is 1. The summed E-state index contributed by atoms with van der Waals surface area (Å²) in [6.07, 6.45) is 5.23. The van der Waals surface area contributed by atoms with Crippen molar-refractivity contribution in [2.75, 3.05) is 0 Å². The van der Waals surface area contributed by atoms with Crippen LogP contribution in [-0.4, -0.2) is 28.8 Å². The molecule has 33 heavy (non-hydrogen) atoms. The van der Waals surface area contributed by atoms with Crippen LogP contribution in [0.4, 0.5) is 0 Å². The predicted molar refractivity (Wildman–Crippen MR) is 136 cm³/mol. The van der Waals surface area contributed by atoms with Crippen molar-refractivity contribution in [3.05, 3.63) is 69.2 Å². The molecule has 0 aliphatic heterocycles. The summed E-state index contributed by atoms with van der Waals surface area (Å²) in [5.74, 6) is 0.296. The zero-order valence-electron chi connectivity index (χ0n) is 19.7. The first-order valence-electron chi connectivity index (χ1n) is 11.9. The molecule has 1 unspecified atom stereocenters. The molecule has 1 N–H and O–H groups in total. The minimum absolute atomic E-state index is 0.0666. The van der Waals surface area contributed by atoms with E-state index in [1.807, 2.05) is 6.07 Å². The first kappa shape index (κ1) is 25.6. The highest BCUT2D eigenvalue weighted by Gasteiger charge is 2.28. The van der Waals surface area contributed by atoms with E-state index in [2.05, 4.69) is 43.4 Å². The van der Waals surface area contributed by atoms with Crippen LogP contribution in [-0.2, 0) is 22.6 Å². The van der Waals surface area contributed by atoms with E-state index in [0.29, 0.717) is 28.8 Å². The Morgan fingerprint density at radius 1 is 1.03 bits per heavy atom. The van der Waals surface area contributed by atoms with Crippen molar-refractivity contribution < 1.29 is 9.59 Å². The smallest absolute Gasteiger partial charge is 0.242 e. The number of carbonyl (C=O) groups is 2. The summed E-state index contributed by atoms with van der Waals surface area (Å²) in [5, 5.41) is 4.16. The van der Waals surface area contributed by atoms with Gasteiger partial charge in [0.15, 0.2) is 0 Å². The number of aryl methyl sites for hydroxylation is 1. The Balaban J connectivity index is 1.72. The fourth-order valence-electron chi connectivity index (χ4n) is 4.27. The largest absolute Gasteiger partial charge is 0.352 e. The second kappa shape index (κ2) is 11.9. The molecule has 1 saturated carbocycles. The summed E-state index contributed by atoms with van der Waals surface area (Å²) in [4.78, 5) is 28.0. The molecule has 0 heterocycles. The van der Waals surface area contributed by atoms with Crippen LogP contribution < -0.4 is 5.32 Å². The van der Waals surface area contributed by atoms with Crippen LogP contribution in [0.1, 0.15) is 75.5 Å². The molecule has 4 nitrogen and oxygen atoms in total. The van der Waals surface area contributed by atoms with E-state index < -0.39 is 6.04 Å². The van der Waals surface area contributed by atoms with Crippen LogP contribution >= 0.6 is 23.2 Å². The monoisotopic (exact) mass is 488 g/mol. The Bertz CT molecular complexity index is 953. The average Bonchev–Trinajstić information content (AvgIpc) is 3.30. The summed E-state index contributed by atoms with van der Waals surface area (Å²) in [7, 11) is 0. The lowest BCUT2D eigenvalue weighted by Crippen LogP contribution is -2.49. The molecule has 2 amide bonds. The number of carbonyl (C=O) groups excluding carboxylic acids is 2. The van der Waals surface area contributed by atoms with Crippen molar-refractivity contribution in [1.29, 1.82) is 0 Å². The van der Waals surface area contributed by atoms with E-state index in [-0.39, 0.29) is 24.4 Å². The van der Waals surface area contributed by atoms with Gasteiger partial charge in [-0.25, -0.2) is 0 Å². The molecule has 178 valence electrons. The lowest BCUT2D eigenvalue weighted by molar-refractivity contribution is -0.140. The minimum atomic E-state index is -0.590. The third-order valence-corrected chi connectivity index (χ3v) is 7.09. The molecular formula is C27H34Cl2N2O2. The molecule has 0 bridgehead atoms. The molecule has 1 aliphatic rings. The van der Waals surface area contributed by atoms with Crippen molar-refractivity contribution in [3.8, 4) is 0 Å². The molecule has 2 aromatic rings. The standard InChI is InChI=1S/C27H34Cl2N2O2/c1-18(2)21-11-8-20(9-12-21)10-15-26(32)31(17-22-13-14-23(28)16-25(22)29)19(3)27(33)30-24-6-4-5-7-24/h8-9,11-14,16,18-19,24H,4-7,10,15,17H2,1-3H3,(H,30,33). The van der Waals surface area contributed by atoms with E-state index in [0.717, 1.165) is 36.8 Å². The van der Waals surface area contributed by atoms with Gasteiger partial charge in [0.25, 0.3) is 0 Å². The second-order valence-electron chi connectivity index (χ2n) is 9.32. The summed E-state index contributed by atoms with van der Waals surface area (Å²) < 4.78 is 0. The third-order valence-electron chi connectivity index (χ3n) is 6.50. The van der Waals surface area contributed by atoms with Gasteiger partial charge in [-0.3, -0.25) is 9.59 Å². The van der Waals surface area contributed by atoms with E-state index in [9.17, 15) is 9.59 Å². The number of rotatable bonds is 9. The number of hydrogen-bond acceptors (Lipinski definition) is 2. The van der Waals surface area contributed by atoms with E-state index in [4.69, 9.17) is 23.2 Å². The van der Waals surface area contributed by atoms with E-state index in [1.165, 1.54) is 5.56 Å². The van der Waals surface area contributed by atoms with Gasteiger partial charge in [-0.2, -0.15) is 0 Å². The first-order chi connectivity index (χ1) is 15.7. The highest BCUT2D eigenvalue weighted by atomic mass is 35.5. The fraction of sp³-hybridized carbons (Fsp3) is 0.481. The van der Waals surface area contributed by atoms with Crippen molar-refractivity contribution in [2.45, 2.75) is 83.8 Å². The molecule has 1 atom stereocenters. The Morgan fingerprint density at radius 3 is 2.30 bits per heavy atom. The number of nitrogens with one attached hydrogen (secondary N) is 1. The maximum absolute atomic E-state index is 13.3. The summed E-state index contributed by atoms with van der Waals surface area (Å²) in [5.41, 5.74) is 3.16. The van der Waals surface area contributed by atoms with Crippen molar-refractivity contribution in [1.82, 2.24) is 10.2 Å². The Kier molecular flexibility index (Phi) is 9.22. The summed E-state index contributed by atoms with van der Waals surface area (Å²) in [6.45, 7) is 6.39. The van der Waals surface area contributed by atoms with Gasteiger partial charge in [0, 0.05) is 29.1 Å². The minimum Gasteiger partial charge on any atom is -0.352 e. The van der Waals surface area contributed by atoms with Gasteiger partial charge < -0.3 is 10.2 Å². The number of benzene rings is 2. The van der Waals surface area contributed by atoms with Crippen molar-refractivity contribution >= 4 is 35.0 Å². The molecule has 0 aromatic heterocycles. The summed E-state index contributed by atoms with van der Waals surface area (Å²) >= 11 is 12.4. The lowest BCUT2D eigenvalue weighted by Gasteiger charge is -2.30. The molecule has 2 aromatic carbocycles. The van der Waals surface area contributed by atoms with Gasteiger partial charge >= 0.3 is 0 Å². The maximum atomic E-state index is 13.3. The fourth-order valence-corrected chi connectivity index (χ4v) is 4.74. The van der Waals surface area contributed by atoms with Crippen LogP contribution in [0, 0.1) is 0 Å². The maximum Gasteiger partial charge on any atom is 0.242 e. The van der Waals surface area contributed by atoms with Gasteiger partial charge in [0.2, 0.25) is 11.8 Å². The van der Waals surface area contributed by atoms with Gasteiger partial charge in [-0.05, 0) is 60.9 Å². The SMILES string of the molecule is CC(C)c1ccc(CCC(=O)N(Cc2ccc(Cl)cc2Cl)C(C)C(=O)NC2CCCC2)cc1. The van der Waals surface area contributed by atoms with Crippen molar-refractivity contribution in [3.63, 3.8) is 0 Å². The highest BCUT2D eigenvalue weighted by Crippen LogP contribution is 2.24. The van der Waals surface area contributed by atoms with Gasteiger partial charge in [-0.15, -0.1) is 0 Å². The van der Waals surface area contributed by atoms with E-state index in [1.54, 1.807) is 24.0 Å². The molecule has 1 aliphatic carbocycles. The highest BCUT2D eigenvalue weighted by molar-refractivity contribution is 6.35. The van der Waals surface area contributed by atoms with Crippen LogP contribution in [0.5, 0.6) is 0 Å². The molecule has 1 fully saturated rings. The third kappa shape index (κ3) is 7.22. The first-order valence-corrected chi connectivity index (χ1v) is 12.6. The topological polar surface area (TPSA) is 49.4 Å². The number of halogens is 2. The Morgan fingerprint density at radius 2 is 1.70 bits per heavy atom. The van der Waals surface area contributed by atoms with Gasteiger partial charge in [-0.1, -0.05) is 80.2 Å². The second-order valence-corrected chi connectivity index (χ2v) is 10.2. The van der Waals surface area contributed by atoms with Gasteiger partial charge in [0.05, 0.1) is 0 Å². The van der Waals surface area contributed by atoms with Crippen LogP contribution in [0.3, 0.4) is 0 Å². The average molecular weight is 489 g/mol.